The number of benzene rings is 2. The van der Waals surface area contributed by atoms with Crippen LogP contribution in [0.25, 0.3) is 11.0 Å². The van der Waals surface area contributed by atoms with Crippen LogP contribution < -0.4 is 15.2 Å². The number of ether oxygens (including phenoxy) is 2. The first kappa shape index (κ1) is 25.0. The normalized spacial score (nSPS) is 13.6. The van der Waals surface area contributed by atoms with Gasteiger partial charge in [0.25, 0.3) is 5.91 Å². The number of carbonyl (C=O) groups excluding carboxylic acids is 3. The van der Waals surface area contributed by atoms with Crippen LogP contribution in [0.2, 0.25) is 0 Å². The first-order valence-corrected chi connectivity index (χ1v) is 12.0. The Morgan fingerprint density at radius 1 is 0.921 bits per heavy atom. The van der Waals surface area contributed by atoms with Crippen molar-refractivity contribution in [1.29, 1.82) is 0 Å². The minimum absolute atomic E-state index is 0.0327. The maximum atomic E-state index is 13.2. The lowest BCUT2D eigenvalue weighted by Crippen LogP contribution is -2.28. The molecule has 4 aromatic rings. The molecule has 2 heterocycles. The highest BCUT2D eigenvalue weighted by molar-refractivity contribution is 6.11. The van der Waals surface area contributed by atoms with Crippen LogP contribution >= 0.6 is 0 Å². The molecule has 0 spiro atoms. The number of primary amides is 1. The highest BCUT2D eigenvalue weighted by atomic mass is 19.1. The Kier molecular flexibility index (Phi) is 6.59. The molecule has 1 aliphatic carbocycles. The largest absolute Gasteiger partial charge is 0.494 e. The van der Waals surface area contributed by atoms with Gasteiger partial charge in [0.2, 0.25) is 0 Å². The average Bonchev–Trinajstić information content (AvgIpc) is 3.73. The Balaban J connectivity index is 1.28. The Labute approximate surface area is 217 Å². The summed E-state index contributed by atoms with van der Waals surface area (Å²) in [6, 6.07) is 15.9. The van der Waals surface area contributed by atoms with Gasteiger partial charge in [-0.25, -0.2) is 9.37 Å². The highest BCUT2D eigenvalue weighted by Gasteiger charge is 2.54. The molecule has 1 fully saturated rings. The number of halogens is 1. The number of fused-ring (bicyclic) bond motifs is 1. The Bertz CT molecular complexity index is 1550. The van der Waals surface area contributed by atoms with Gasteiger partial charge in [-0.2, -0.15) is 0 Å². The molecule has 1 saturated carbocycles. The van der Waals surface area contributed by atoms with E-state index in [2.05, 4.69) is 9.97 Å². The molecule has 0 aliphatic heterocycles. The van der Waals surface area contributed by atoms with E-state index in [-0.39, 0.29) is 41.7 Å². The number of carbonyl (C=O) groups is 3. The monoisotopic (exact) mass is 513 g/mol. The van der Waals surface area contributed by atoms with Crippen LogP contribution in [-0.2, 0) is 22.4 Å². The number of pyridine rings is 2. The quantitative estimate of drug-likeness (QED) is 0.313. The molecule has 2 N–H and O–H groups in total. The highest BCUT2D eigenvalue weighted by Crippen LogP contribution is 2.48. The second-order valence-corrected chi connectivity index (χ2v) is 9.23. The fraction of sp³-hybridized carbons (Fsp3) is 0.207. The van der Waals surface area contributed by atoms with Gasteiger partial charge in [-0.15, -0.1) is 0 Å². The molecule has 192 valence electrons. The predicted molar refractivity (Wildman–Crippen MR) is 137 cm³/mol. The topological polar surface area (TPSA) is 121 Å². The zero-order chi connectivity index (χ0) is 26.9. The molecule has 2 aromatic carbocycles. The number of ketones is 2. The molecule has 8 nitrogen and oxygen atoms in total. The first-order chi connectivity index (χ1) is 18.3. The summed E-state index contributed by atoms with van der Waals surface area (Å²) < 4.78 is 24.3. The van der Waals surface area contributed by atoms with Crippen LogP contribution in [0.1, 0.15) is 34.5 Å². The van der Waals surface area contributed by atoms with E-state index < -0.39 is 11.3 Å². The van der Waals surface area contributed by atoms with Crippen molar-refractivity contribution in [2.75, 3.05) is 7.11 Å². The van der Waals surface area contributed by atoms with Crippen LogP contribution in [0.3, 0.4) is 0 Å². The smallest absolute Gasteiger partial charge is 0.271 e. The molecule has 9 heteroatoms. The van der Waals surface area contributed by atoms with Crippen LogP contribution in [0.15, 0.2) is 66.9 Å². The van der Waals surface area contributed by atoms with Gasteiger partial charge in [0.15, 0.2) is 28.8 Å². The van der Waals surface area contributed by atoms with Crippen molar-refractivity contribution in [3.8, 4) is 17.2 Å². The van der Waals surface area contributed by atoms with Crippen molar-refractivity contribution in [1.82, 2.24) is 9.97 Å². The SMILES string of the molecule is COc1cc2nccc(Oc3ccc(CC(=O)C4(C(=O)Cc5ccc(F)cc5)CC4)cc3)c2nc1C(N)=O. The maximum absolute atomic E-state index is 13.2. The summed E-state index contributed by atoms with van der Waals surface area (Å²) in [5.74, 6) is -0.276. The zero-order valence-electron chi connectivity index (χ0n) is 20.6. The van der Waals surface area contributed by atoms with Gasteiger partial charge < -0.3 is 15.2 Å². The third-order valence-electron chi connectivity index (χ3n) is 6.70. The summed E-state index contributed by atoms with van der Waals surface area (Å²) in [6.45, 7) is 0. The molecule has 1 aliphatic rings. The summed E-state index contributed by atoms with van der Waals surface area (Å²) in [5, 5.41) is 0. The fourth-order valence-corrected chi connectivity index (χ4v) is 4.40. The van der Waals surface area contributed by atoms with Gasteiger partial charge in [-0.05, 0) is 48.2 Å². The standard InChI is InChI=1S/C29H24FN3O5/c1-37-23-16-21-26(33-27(23)28(31)36)22(10-13-32-21)38-20-8-4-18(5-9-20)15-25(35)29(11-12-29)24(34)14-17-2-6-19(30)7-3-17/h2-10,13,16H,11-12,14-15H2,1H3,(H2,31,36). The van der Waals surface area contributed by atoms with E-state index in [1.807, 2.05) is 0 Å². The molecule has 0 radical (unpaired) electrons. The molecular weight excluding hydrogens is 489 g/mol. The Morgan fingerprint density at radius 3 is 2.08 bits per heavy atom. The van der Waals surface area contributed by atoms with E-state index in [0.717, 1.165) is 5.56 Å². The molecule has 0 unspecified atom stereocenters. The van der Waals surface area contributed by atoms with E-state index in [1.165, 1.54) is 19.2 Å². The van der Waals surface area contributed by atoms with E-state index >= 15 is 0 Å². The number of nitrogens with zero attached hydrogens (tertiary/aromatic N) is 2. The van der Waals surface area contributed by atoms with E-state index in [9.17, 15) is 18.8 Å². The summed E-state index contributed by atoms with van der Waals surface area (Å²) >= 11 is 0. The number of nitrogens with two attached hydrogens (primary N) is 1. The lowest BCUT2D eigenvalue weighted by atomic mass is 9.88. The van der Waals surface area contributed by atoms with Crippen LogP contribution in [-0.4, -0.2) is 34.6 Å². The van der Waals surface area contributed by atoms with E-state index in [0.29, 0.717) is 40.9 Å². The molecule has 38 heavy (non-hydrogen) atoms. The summed E-state index contributed by atoms with van der Waals surface area (Å²) in [6.07, 6.45) is 2.85. The summed E-state index contributed by atoms with van der Waals surface area (Å²) in [7, 11) is 1.41. The number of Topliss-reactive ketones (excluding diaryl/α,β-unsaturated/α-hetero) is 2. The summed E-state index contributed by atoms with van der Waals surface area (Å²) in [4.78, 5) is 46.3. The number of hydrogen-bond donors (Lipinski definition) is 1. The van der Waals surface area contributed by atoms with Gasteiger partial charge >= 0.3 is 0 Å². The molecule has 2 aromatic heterocycles. The van der Waals surface area contributed by atoms with Gasteiger partial charge in [0.1, 0.15) is 17.1 Å². The van der Waals surface area contributed by atoms with E-state index in [1.54, 1.807) is 54.7 Å². The Hall–Kier alpha value is -4.66. The van der Waals surface area contributed by atoms with Gasteiger partial charge in [-0.1, -0.05) is 24.3 Å². The molecule has 5 rings (SSSR count). The maximum Gasteiger partial charge on any atom is 0.271 e. The van der Waals surface area contributed by atoms with E-state index in [4.69, 9.17) is 15.2 Å². The zero-order valence-corrected chi connectivity index (χ0v) is 20.6. The van der Waals surface area contributed by atoms with Crippen molar-refractivity contribution >= 4 is 28.5 Å². The number of methoxy groups -OCH3 is 1. The fourth-order valence-electron chi connectivity index (χ4n) is 4.40. The van der Waals surface area contributed by atoms with Crippen molar-refractivity contribution < 1.29 is 28.2 Å². The van der Waals surface area contributed by atoms with Gasteiger partial charge in [-0.3, -0.25) is 19.4 Å². The number of amides is 1. The third kappa shape index (κ3) is 4.95. The van der Waals surface area contributed by atoms with Crippen LogP contribution in [0.4, 0.5) is 4.39 Å². The van der Waals surface area contributed by atoms with Crippen molar-refractivity contribution in [2.24, 2.45) is 11.1 Å². The second-order valence-electron chi connectivity index (χ2n) is 9.23. The Morgan fingerprint density at radius 2 is 1.53 bits per heavy atom. The first-order valence-electron chi connectivity index (χ1n) is 12.0. The third-order valence-corrected chi connectivity index (χ3v) is 6.70. The number of aromatic nitrogens is 2. The number of hydrogen-bond acceptors (Lipinski definition) is 7. The lowest BCUT2D eigenvalue weighted by Gasteiger charge is -2.14. The van der Waals surface area contributed by atoms with Gasteiger partial charge in [0, 0.05) is 31.2 Å². The van der Waals surface area contributed by atoms with Gasteiger partial charge in [0.05, 0.1) is 18.0 Å². The minimum atomic E-state index is -0.954. The molecule has 0 atom stereocenters. The predicted octanol–water partition coefficient (Wildman–Crippen LogP) is 4.37. The van der Waals surface area contributed by atoms with Crippen LogP contribution in [0.5, 0.6) is 17.2 Å². The van der Waals surface area contributed by atoms with Crippen molar-refractivity contribution in [3.63, 3.8) is 0 Å². The molecule has 0 saturated heterocycles. The lowest BCUT2D eigenvalue weighted by molar-refractivity contribution is -0.133. The van der Waals surface area contributed by atoms with Crippen LogP contribution in [0, 0.1) is 11.2 Å². The second kappa shape index (κ2) is 10.0. The molecule has 1 amide bonds. The van der Waals surface area contributed by atoms with Crippen molar-refractivity contribution in [3.05, 3.63) is 89.5 Å². The average molecular weight is 514 g/mol. The molecular formula is C29H24FN3O5. The minimum Gasteiger partial charge on any atom is -0.494 e. The van der Waals surface area contributed by atoms with Crippen molar-refractivity contribution in [2.45, 2.75) is 25.7 Å². The molecule has 0 bridgehead atoms. The summed E-state index contributed by atoms with van der Waals surface area (Å²) in [5.41, 5.74) is 6.70. The number of rotatable bonds is 10.